The van der Waals surface area contributed by atoms with Gasteiger partial charge in [0.2, 0.25) is 11.8 Å². The predicted octanol–water partition coefficient (Wildman–Crippen LogP) is 3.20. The molecule has 4 nitrogen and oxygen atoms in total. The fourth-order valence-electron chi connectivity index (χ4n) is 2.42. The minimum Gasteiger partial charge on any atom is -0.274 e. The molecule has 1 aromatic heterocycles. The molecule has 0 N–H and O–H groups in total. The summed E-state index contributed by atoms with van der Waals surface area (Å²) >= 11 is 3.36. The van der Waals surface area contributed by atoms with E-state index in [9.17, 15) is 9.59 Å². The molecular formula is C16H13BrN2O2. The summed E-state index contributed by atoms with van der Waals surface area (Å²) in [5, 5.41) is 0. The first kappa shape index (κ1) is 13.9. The molecule has 106 valence electrons. The van der Waals surface area contributed by atoms with Crippen LogP contribution >= 0.6 is 15.9 Å². The Labute approximate surface area is 130 Å². The summed E-state index contributed by atoms with van der Waals surface area (Å²) in [7, 11) is 0. The van der Waals surface area contributed by atoms with E-state index < -0.39 is 5.92 Å². The zero-order chi connectivity index (χ0) is 15.0. The van der Waals surface area contributed by atoms with Crippen molar-refractivity contribution in [3.8, 4) is 0 Å². The number of hydrogen-bond acceptors (Lipinski definition) is 3. The van der Waals surface area contributed by atoms with Gasteiger partial charge in [-0.15, -0.1) is 0 Å². The van der Waals surface area contributed by atoms with Crippen LogP contribution < -0.4 is 4.90 Å². The number of aromatic nitrogens is 1. The average molecular weight is 345 g/mol. The van der Waals surface area contributed by atoms with E-state index in [1.54, 1.807) is 12.3 Å². The standard InChI is InChI=1S/C16H13BrN2O2/c1-10-2-7-14(18-9-10)19-15(20)8-13(16(19)21)11-3-5-12(17)6-4-11/h2-7,9,13H,8H2,1H3. The Bertz CT molecular complexity index is 695. The maximum absolute atomic E-state index is 12.5. The molecule has 2 heterocycles. The topological polar surface area (TPSA) is 50.3 Å². The van der Waals surface area contributed by atoms with E-state index in [4.69, 9.17) is 0 Å². The number of anilines is 1. The molecule has 1 fully saturated rings. The van der Waals surface area contributed by atoms with Crippen LogP contribution in [0.4, 0.5) is 5.82 Å². The molecule has 2 amide bonds. The number of nitrogens with zero attached hydrogens (tertiary/aromatic N) is 2. The molecule has 2 aromatic rings. The second-order valence-corrected chi connectivity index (χ2v) is 5.99. The molecule has 0 radical (unpaired) electrons. The van der Waals surface area contributed by atoms with Crippen molar-refractivity contribution in [1.29, 1.82) is 0 Å². The summed E-state index contributed by atoms with van der Waals surface area (Å²) in [5.41, 5.74) is 1.84. The molecule has 1 saturated heterocycles. The van der Waals surface area contributed by atoms with Gasteiger partial charge in [-0.2, -0.15) is 0 Å². The van der Waals surface area contributed by atoms with Crippen LogP contribution in [0.2, 0.25) is 0 Å². The molecule has 1 unspecified atom stereocenters. The molecule has 1 aliphatic rings. The van der Waals surface area contributed by atoms with Crippen LogP contribution in [0, 0.1) is 6.92 Å². The Kier molecular flexibility index (Phi) is 3.59. The van der Waals surface area contributed by atoms with E-state index in [1.807, 2.05) is 37.3 Å². The average Bonchev–Trinajstić information content (AvgIpc) is 2.76. The van der Waals surface area contributed by atoms with Crippen LogP contribution in [-0.4, -0.2) is 16.8 Å². The molecule has 0 aliphatic carbocycles. The van der Waals surface area contributed by atoms with Gasteiger partial charge < -0.3 is 0 Å². The zero-order valence-electron chi connectivity index (χ0n) is 11.4. The SMILES string of the molecule is Cc1ccc(N2C(=O)CC(c3ccc(Br)cc3)C2=O)nc1. The zero-order valence-corrected chi connectivity index (χ0v) is 13.0. The van der Waals surface area contributed by atoms with Crippen LogP contribution in [-0.2, 0) is 9.59 Å². The number of halogens is 1. The highest BCUT2D eigenvalue weighted by Crippen LogP contribution is 2.32. The van der Waals surface area contributed by atoms with Crippen LogP contribution in [0.1, 0.15) is 23.5 Å². The number of rotatable bonds is 2. The highest BCUT2D eigenvalue weighted by atomic mass is 79.9. The molecule has 0 saturated carbocycles. The molecule has 0 bridgehead atoms. The van der Waals surface area contributed by atoms with Crippen LogP contribution in [0.15, 0.2) is 47.1 Å². The van der Waals surface area contributed by atoms with E-state index in [0.717, 1.165) is 15.6 Å². The third kappa shape index (κ3) is 2.61. The Morgan fingerprint density at radius 1 is 1.14 bits per heavy atom. The smallest absolute Gasteiger partial charge is 0.243 e. The van der Waals surface area contributed by atoms with Crippen molar-refractivity contribution in [2.75, 3.05) is 4.90 Å². The molecule has 1 atom stereocenters. The maximum Gasteiger partial charge on any atom is 0.243 e. The van der Waals surface area contributed by atoms with Gasteiger partial charge in [-0.25, -0.2) is 9.88 Å². The minimum atomic E-state index is -0.422. The second kappa shape index (κ2) is 5.41. The third-order valence-electron chi connectivity index (χ3n) is 3.54. The molecule has 1 aromatic carbocycles. The van der Waals surface area contributed by atoms with Gasteiger partial charge in [0.25, 0.3) is 0 Å². The van der Waals surface area contributed by atoms with E-state index in [0.29, 0.717) is 5.82 Å². The van der Waals surface area contributed by atoms with E-state index in [-0.39, 0.29) is 18.2 Å². The fraction of sp³-hybridized carbons (Fsp3) is 0.188. The summed E-state index contributed by atoms with van der Waals surface area (Å²) in [6.07, 6.45) is 1.85. The normalized spacial score (nSPS) is 18.4. The number of amides is 2. The minimum absolute atomic E-state index is 0.190. The molecule has 3 rings (SSSR count). The van der Waals surface area contributed by atoms with Gasteiger partial charge in [0.05, 0.1) is 5.92 Å². The number of carbonyl (C=O) groups is 2. The second-order valence-electron chi connectivity index (χ2n) is 5.07. The monoisotopic (exact) mass is 344 g/mol. The van der Waals surface area contributed by atoms with Crippen molar-refractivity contribution in [3.63, 3.8) is 0 Å². The number of benzene rings is 1. The highest BCUT2D eigenvalue weighted by Gasteiger charge is 2.40. The van der Waals surface area contributed by atoms with Crippen LogP contribution in [0.3, 0.4) is 0 Å². The van der Waals surface area contributed by atoms with Gasteiger partial charge in [-0.3, -0.25) is 9.59 Å². The van der Waals surface area contributed by atoms with E-state index in [1.165, 1.54) is 4.90 Å². The first-order valence-corrected chi connectivity index (χ1v) is 7.40. The van der Waals surface area contributed by atoms with Gasteiger partial charge in [-0.1, -0.05) is 34.1 Å². The van der Waals surface area contributed by atoms with Crippen molar-refractivity contribution >= 4 is 33.6 Å². The van der Waals surface area contributed by atoms with Gasteiger partial charge in [0.1, 0.15) is 5.82 Å². The Hall–Kier alpha value is -2.01. The largest absolute Gasteiger partial charge is 0.274 e. The number of imide groups is 1. The number of pyridine rings is 1. The first-order chi connectivity index (χ1) is 10.1. The predicted molar refractivity (Wildman–Crippen MR) is 83.0 cm³/mol. The quantitative estimate of drug-likeness (QED) is 0.786. The van der Waals surface area contributed by atoms with E-state index >= 15 is 0 Å². The molecule has 1 aliphatic heterocycles. The number of aryl methyl sites for hydroxylation is 1. The lowest BCUT2D eigenvalue weighted by Crippen LogP contribution is -2.30. The van der Waals surface area contributed by atoms with Crippen LogP contribution in [0.25, 0.3) is 0 Å². The summed E-state index contributed by atoms with van der Waals surface area (Å²) < 4.78 is 0.945. The number of carbonyl (C=O) groups excluding carboxylic acids is 2. The van der Waals surface area contributed by atoms with Crippen molar-refractivity contribution in [1.82, 2.24) is 4.98 Å². The fourth-order valence-corrected chi connectivity index (χ4v) is 2.68. The molecule has 21 heavy (non-hydrogen) atoms. The summed E-state index contributed by atoms with van der Waals surface area (Å²) in [5.74, 6) is -0.438. The molecular weight excluding hydrogens is 332 g/mol. The van der Waals surface area contributed by atoms with Crippen LogP contribution in [0.5, 0.6) is 0 Å². The summed E-state index contributed by atoms with van der Waals surface area (Å²) in [6, 6.07) is 11.0. The van der Waals surface area contributed by atoms with Crippen molar-refractivity contribution in [2.24, 2.45) is 0 Å². The maximum atomic E-state index is 12.5. The van der Waals surface area contributed by atoms with Gasteiger partial charge >= 0.3 is 0 Å². The van der Waals surface area contributed by atoms with Crippen molar-refractivity contribution in [3.05, 3.63) is 58.2 Å². The summed E-state index contributed by atoms with van der Waals surface area (Å²) in [6.45, 7) is 1.91. The Morgan fingerprint density at radius 2 is 1.86 bits per heavy atom. The Balaban J connectivity index is 1.92. The lowest BCUT2D eigenvalue weighted by molar-refractivity contribution is -0.121. The van der Waals surface area contributed by atoms with E-state index in [2.05, 4.69) is 20.9 Å². The molecule has 5 heteroatoms. The lowest BCUT2D eigenvalue weighted by Gasteiger charge is -2.14. The van der Waals surface area contributed by atoms with Gasteiger partial charge in [-0.05, 0) is 36.2 Å². The Morgan fingerprint density at radius 3 is 2.48 bits per heavy atom. The third-order valence-corrected chi connectivity index (χ3v) is 4.07. The highest BCUT2D eigenvalue weighted by molar-refractivity contribution is 9.10. The van der Waals surface area contributed by atoms with Gasteiger partial charge in [0.15, 0.2) is 0 Å². The van der Waals surface area contributed by atoms with Gasteiger partial charge in [0, 0.05) is 17.1 Å². The molecule has 0 spiro atoms. The summed E-state index contributed by atoms with van der Waals surface area (Å²) in [4.78, 5) is 30.1. The van der Waals surface area contributed by atoms with Crippen molar-refractivity contribution in [2.45, 2.75) is 19.3 Å². The van der Waals surface area contributed by atoms with Crippen molar-refractivity contribution < 1.29 is 9.59 Å². The number of hydrogen-bond donors (Lipinski definition) is 0. The first-order valence-electron chi connectivity index (χ1n) is 6.61. The lowest BCUT2D eigenvalue weighted by atomic mass is 9.98.